The smallest absolute Gasteiger partial charge is 0.158 e. The largest absolute Gasteiger partial charge is 0.373 e. The van der Waals surface area contributed by atoms with E-state index in [0.29, 0.717) is 6.04 Å². The number of aryl methyl sites for hydroxylation is 1. The van der Waals surface area contributed by atoms with Crippen molar-refractivity contribution in [2.45, 2.75) is 60.2 Å². The Morgan fingerprint density at radius 1 is 1.26 bits per heavy atom. The highest BCUT2D eigenvalue weighted by Crippen LogP contribution is 2.33. The first-order valence-electron chi connectivity index (χ1n) is 6.84. The minimum Gasteiger partial charge on any atom is -0.373 e. The number of nitrogens with one attached hydrogen (secondary N) is 1. The monoisotopic (exact) mass is 265 g/mol. The van der Waals surface area contributed by atoms with Crippen molar-refractivity contribution in [3.05, 3.63) is 23.3 Å². The van der Waals surface area contributed by atoms with Crippen LogP contribution in [0.15, 0.2) is 6.07 Å². The standard InChI is InChI=1S/C15H27N3O/c1-10(2)16-9-12-8-11(3)17-14(18-12)13(19-7)15(4,5)6/h8,10,13,16H,9H2,1-7H3. The highest BCUT2D eigenvalue weighted by Gasteiger charge is 2.29. The summed E-state index contributed by atoms with van der Waals surface area (Å²) in [5.74, 6) is 0.774. The molecule has 0 aliphatic heterocycles. The quantitative estimate of drug-likeness (QED) is 0.889. The number of methoxy groups -OCH3 is 1. The van der Waals surface area contributed by atoms with Gasteiger partial charge >= 0.3 is 0 Å². The fraction of sp³-hybridized carbons (Fsp3) is 0.733. The predicted octanol–water partition coefficient (Wildman–Crippen LogP) is 3.02. The van der Waals surface area contributed by atoms with Gasteiger partial charge in [-0.05, 0) is 18.4 Å². The topological polar surface area (TPSA) is 47.0 Å². The fourth-order valence-electron chi connectivity index (χ4n) is 2.02. The molecule has 1 heterocycles. The summed E-state index contributed by atoms with van der Waals surface area (Å²) in [5.41, 5.74) is 1.98. The molecular weight excluding hydrogens is 238 g/mol. The van der Waals surface area contributed by atoms with Crippen molar-refractivity contribution in [2.24, 2.45) is 5.41 Å². The molecule has 4 heteroatoms. The van der Waals surface area contributed by atoms with E-state index < -0.39 is 0 Å². The Balaban J connectivity index is 3.01. The summed E-state index contributed by atoms with van der Waals surface area (Å²) in [6.45, 7) is 13.4. The molecule has 0 fully saturated rings. The van der Waals surface area contributed by atoms with Gasteiger partial charge in [-0.25, -0.2) is 9.97 Å². The van der Waals surface area contributed by atoms with Gasteiger partial charge in [0.05, 0.1) is 5.69 Å². The fourth-order valence-corrected chi connectivity index (χ4v) is 2.02. The molecule has 1 unspecified atom stereocenters. The maximum Gasteiger partial charge on any atom is 0.158 e. The normalized spacial score (nSPS) is 13.9. The van der Waals surface area contributed by atoms with Gasteiger partial charge in [0.15, 0.2) is 5.82 Å². The van der Waals surface area contributed by atoms with Crippen LogP contribution < -0.4 is 5.32 Å². The number of hydrogen-bond donors (Lipinski definition) is 1. The van der Waals surface area contributed by atoms with Crippen molar-refractivity contribution < 1.29 is 4.74 Å². The van der Waals surface area contributed by atoms with Crippen LogP contribution in [0.3, 0.4) is 0 Å². The average Bonchev–Trinajstić information content (AvgIpc) is 2.24. The van der Waals surface area contributed by atoms with E-state index in [1.165, 1.54) is 0 Å². The Bertz CT molecular complexity index is 410. The van der Waals surface area contributed by atoms with Gasteiger partial charge in [-0.15, -0.1) is 0 Å². The Hall–Kier alpha value is -1.00. The number of hydrogen-bond acceptors (Lipinski definition) is 4. The van der Waals surface area contributed by atoms with Crippen molar-refractivity contribution in [2.75, 3.05) is 7.11 Å². The SMILES string of the molecule is COC(c1nc(C)cc(CNC(C)C)n1)C(C)(C)C. The van der Waals surface area contributed by atoms with E-state index in [2.05, 4.69) is 49.9 Å². The number of rotatable bonds is 5. The molecule has 0 aliphatic carbocycles. The maximum atomic E-state index is 5.59. The second-order valence-electron chi connectivity index (χ2n) is 6.38. The third kappa shape index (κ3) is 4.88. The molecule has 0 aromatic carbocycles. The molecule has 4 nitrogen and oxygen atoms in total. The zero-order valence-corrected chi connectivity index (χ0v) is 13.2. The lowest BCUT2D eigenvalue weighted by Crippen LogP contribution is -2.25. The molecule has 0 spiro atoms. The molecule has 0 radical (unpaired) electrons. The summed E-state index contributed by atoms with van der Waals surface area (Å²) in [7, 11) is 1.72. The van der Waals surface area contributed by atoms with Crippen LogP contribution in [0.5, 0.6) is 0 Å². The summed E-state index contributed by atoms with van der Waals surface area (Å²) >= 11 is 0. The first-order valence-corrected chi connectivity index (χ1v) is 6.84. The Morgan fingerprint density at radius 2 is 1.89 bits per heavy atom. The minimum absolute atomic E-state index is 0.0225. The third-order valence-corrected chi connectivity index (χ3v) is 2.87. The number of aromatic nitrogens is 2. The first kappa shape index (κ1) is 16.1. The summed E-state index contributed by atoms with van der Waals surface area (Å²) in [6.07, 6.45) is -0.0924. The molecule has 0 bridgehead atoms. The lowest BCUT2D eigenvalue weighted by atomic mass is 9.88. The van der Waals surface area contributed by atoms with E-state index in [1.807, 2.05) is 13.0 Å². The summed E-state index contributed by atoms with van der Waals surface area (Å²) in [6, 6.07) is 2.47. The van der Waals surface area contributed by atoms with Crippen LogP contribution in [0.25, 0.3) is 0 Å². The lowest BCUT2D eigenvalue weighted by Gasteiger charge is -2.28. The predicted molar refractivity (Wildman–Crippen MR) is 77.9 cm³/mol. The van der Waals surface area contributed by atoms with Crippen LogP contribution in [0.4, 0.5) is 0 Å². The number of ether oxygens (including phenoxy) is 1. The molecule has 1 aromatic heterocycles. The van der Waals surface area contributed by atoms with Crippen LogP contribution in [0.1, 0.15) is 57.9 Å². The molecule has 0 saturated heterocycles. The molecule has 1 atom stereocenters. The Kier molecular flexibility index (Phi) is 5.44. The van der Waals surface area contributed by atoms with Crippen LogP contribution >= 0.6 is 0 Å². The lowest BCUT2D eigenvalue weighted by molar-refractivity contribution is 0.00838. The summed E-state index contributed by atoms with van der Waals surface area (Å²) in [4.78, 5) is 9.18. The highest BCUT2D eigenvalue weighted by molar-refractivity contribution is 5.12. The van der Waals surface area contributed by atoms with Crippen molar-refractivity contribution in [1.82, 2.24) is 15.3 Å². The van der Waals surface area contributed by atoms with Crippen LogP contribution in [0, 0.1) is 12.3 Å². The van der Waals surface area contributed by atoms with Crippen molar-refractivity contribution in [3.8, 4) is 0 Å². The van der Waals surface area contributed by atoms with E-state index in [4.69, 9.17) is 4.74 Å². The Morgan fingerprint density at radius 3 is 2.37 bits per heavy atom. The van der Waals surface area contributed by atoms with Crippen molar-refractivity contribution >= 4 is 0 Å². The minimum atomic E-state index is -0.0924. The van der Waals surface area contributed by atoms with Gasteiger partial charge in [-0.3, -0.25) is 0 Å². The van der Waals surface area contributed by atoms with Crippen molar-refractivity contribution in [1.29, 1.82) is 0 Å². The van der Waals surface area contributed by atoms with E-state index in [-0.39, 0.29) is 11.5 Å². The van der Waals surface area contributed by atoms with Gasteiger partial charge in [0.1, 0.15) is 6.10 Å². The summed E-state index contributed by atoms with van der Waals surface area (Å²) in [5, 5.41) is 3.38. The van der Waals surface area contributed by atoms with Gasteiger partial charge in [-0.2, -0.15) is 0 Å². The molecule has 1 aromatic rings. The van der Waals surface area contributed by atoms with E-state index in [0.717, 1.165) is 23.8 Å². The average molecular weight is 265 g/mol. The molecular formula is C15H27N3O. The van der Waals surface area contributed by atoms with Gasteiger partial charge in [-0.1, -0.05) is 34.6 Å². The summed E-state index contributed by atoms with van der Waals surface area (Å²) < 4.78 is 5.59. The van der Waals surface area contributed by atoms with Gasteiger partial charge < -0.3 is 10.1 Å². The molecule has 0 saturated carbocycles. The molecule has 0 amide bonds. The Labute approximate surface area is 117 Å². The maximum absolute atomic E-state index is 5.59. The first-order chi connectivity index (χ1) is 8.74. The zero-order valence-electron chi connectivity index (χ0n) is 13.2. The highest BCUT2D eigenvalue weighted by atomic mass is 16.5. The molecule has 0 aliphatic rings. The second kappa shape index (κ2) is 6.44. The van der Waals surface area contributed by atoms with Crippen molar-refractivity contribution in [3.63, 3.8) is 0 Å². The molecule has 19 heavy (non-hydrogen) atoms. The molecule has 1 N–H and O–H groups in total. The molecule has 108 valence electrons. The van der Waals surface area contributed by atoms with E-state index in [1.54, 1.807) is 7.11 Å². The second-order valence-corrected chi connectivity index (χ2v) is 6.38. The van der Waals surface area contributed by atoms with Gasteiger partial charge in [0, 0.05) is 25.4 Å². The van der Waals surface area contributed by atoms with Gasteiger partial charge in [0.25, 0.3) is 0 Å². The third-order valence-electron chi connectivity index (χ3n) is 2.87. The number of nitrogens with zero attached hydrogens (tertiary/aromatic N) is 2. The van der Waals surface area contributed by atoms with E-state index >= 15 is 0 Å². The van der Waals surface area contributed by atoms with Gasteiger partial charge in [0.2, 0.25) is 0 Å². The van der Waals surface area contributed by atoms with Crippen LogP contribution in [0.2, 0.25) is 0 Å². The van der Waals surface area contributed by atoms with Crippen LogP contribution in [-0.4, -0.2) is 23.1 Å². The van der Waals surface area contributed by atoms with Crippen LogP contribution in [-0.2, 0) is 11.3 Å². The van der Waals surface area contributed by atoms with E-state index in [9.17, 15) is 0 Å². The zero-order chi connectivity index (χ0) is 14.6. The molecule has 1 rings (SSSR count).